The van der Waals surface area contributed by atoms with E-state index in [2.05, 4.69) is 0 Å². The van der Waals surface area contributed by atoms with Crippen LogP contribution >= 0.6 is 0 Å². The molecule has 6 rings (SSSR count). The summed E-state index contributed by atoms with van der Waals surface area (Å²) in [5.41, 5.74) is 2.57. The van der Waals surface area contributed by atoms with Gasteiger partial charge in [0, 0.05) is 5.56 Å². The van der Waals surface area contributed by atoms with Crippen LogP contribution in [0, 0.1) is 0 Å². The molecular formula is C35H36O6. The number of carbonyl (C=O) groups is 1. The maximum absolute atomic E-state index is 12.9. The van der Waals surface area contributed by atoms with E-state index in [4.69, 9.17) is 23.7 Å². The molecule has 2 heterocycles. The number of carbonyl (C=O) groups excluding carboxylic acids is 1. The molecule has 2 fully saturated rings. The van der Waals surface area contributed by atoms with Crippen LogP contribution in [0.3, 0.4) is 0 Å². The Labute approximate surface area is 241 Å². The summed E-state index contributed by atoms with van der Waals surface area (Å²) < 4.78 is 31.5. The zero-order valence-corrected chi connectivity index (χ0v) is 23.5. The highest BCUT2D eigenvalue weighted by Crippen LogP contribution is 2.50. The van der Waals surface area contributed by atoms with Crippen molar-refractivity contribution in [3.63, 3.8) is 0 Å². The third-order valence-corrected chi connectivity index (χ3v) is 7.17. The highest BCUT2D eigenvalue weighted by atomic mass is 16.7. The van der Waals surface area contributed by atoms with E-state index in [1.54, 1.807) is 18.2 Å². The van der Waals surface area contributed by atoms with E-state index in [-0.39, 0.29) is 12.2 Å². The summed E-state index contributed by atoms with van der Waals surface area (Å²) in [5, 5.41) is 0. The normalized spacial score (nSPS) is 22.5. The summed E-state index contributed by atoms with van der Waals surface area (Å²) in [6, 6.07) is 36.5. The van der Waals surface area contributed by atoms with Crippen LogP contribution in [0.1, 0.15) is 47.0 Å². The van der Waals surface area contributed by atoms with Gasteiger partial charge in [-0.25, -0.2) is 4.79 Å². The van der Waals surface area contributed by atoms with Gasteiger partial charge in [-0.2, -0.15) is 0 Å². The third-order valence-electron chi connectivity index (χ3n) is 7.17. The Morgan fingerprint density at radius 1 is 0.780 bits per heavy atom. The number of para-hydroxylation sites is 1. The van der Waals surface area contributed by atoms with E-state index in [0.717, 1.165) is 16.7 Å². The van der Waals surface area contributed by atoms with Crippen molar-refractivity contribution in [1.82, 2.24) is 0 Å². The van der Waals surface area contributed by atoms with Crippen molar-refractivity contribution in [2.45, 2.75) is 51.0 Å². The largest absolute Gasteiger partial charge is 0.423 e. The molecule has 212 valence electrons. The monoisotopic (exact) mass is 552 g/mol. The topological polar surface area (TPSA) is 63.2 Å². The van der Waals surface area contributed by atoms with Crippen LogP contribution in [0.25, 0.3) is 0 Å². The third kappa shape index (κ3) is 6.58. The van der Waals surface area contributed by atoms with E-state index in [1.165, 1.54) is 0 Å². The molecule has 4 atom stereocenters. The summed E-state index contributed by atoms with van der Waals surface area (Å²) in [4.78, 5) is 12.9. The summed E-state index contributed by atoms with van der Waals surface area (Å²) >= 11 is 0. The Balaban J connectivity index is 0.00000165. The van der Waals surface area contributed by atoms with Crippen molar-refractivity contribution in [2.75, 3.05) is 13.2 Å². The van der Waals surface area contributed by atoms with Crippen molar-refractivity contribution < 1.29 is 28.5 Å². The van der Waals surface area contributed by atoms with Crippen LogP contribution in [0.5, 0.6) is 5.75 Å². The molecule has 0 radical (unpaired) electrons. The number of ether oxygens (including phenoxy) is 5. The van der Waals surface area contributed by atoms with Gasteiger partial charge in [-0.1, -0.05) is 111 Å². The van der Waals surface area contributed by atoms with Gasteiger partial charge < -0.3 is 23.7 Å². The molecule has 2 bridgehead atoms. The van der Waals surface area contributed by atoms with E-state index >= 15 is 0 Å². The first kappa shape index (κ1) is 28.7. The number of fused-ring (bicyclic) bond motifs is 2. The summed E-state index contributed by atoms with van der Waals surface area (Å²) in [7, 11) is 0. The van der Waals surface area contributed by atoms with Crippen molar-refractivity contribution in [3.8, 4) is 5.75 Å². The van der Waals surface area contributed by atoms with E-state index < -0.39 is 17.7 Å². The minimum Gasteiger partial charge on any atom is -0.423 e. The van der Waals surface area contributed by atoms with Gasteiger partial charge in [0.05, 0.1) is 32.0 Å². The van der Waals surface area contributed by atoms with Gasteiger partial charge in [0.15, 0.2) is 0 Å². The SMILES string of the molecule is CC.O=C(Oc1ccccc1[C@@H]1O[C@@]2(COCc3ccccc3)CO[C@H]1C2OCc1ccccc1)c1ccccc1. The number of esters is 1. The molecule has 4 aromatic rings. The van der Waals surface area contributed by atoms with Gasteiger partial charge in [-0.05, 0) is 29.3 Å². The lowest BCUT2D eigenvalue weighted by Crippen LogP contribution is -2.46. The molecule has 2 saturated heterocycles. The summed E-state index contributed by atoms with van der Waals surface area (Å²) in [5.74, 6) is 0.0135. The second-order valence-electron chi connectivity index (χ2n) is 9.87. The lowest BCUT2D eigenvalue weighted by atomic mass is 9.96. The fourth-order valence-corrected chi connectivity index (χ4v) is 5.24. The fourth-order valence-electron chi connectivity index (χ4n) is 5.24. The average molecular weight is 553 g/mol. The second-order valence-corrected chi connectivity index (χ2v) is 9.87. The average Bonchev–Trinajstić information content (AvgIpc) is 3.54. The van der Waals surface area contributed by atoms with Crippen molar-refractivity contribution in [2.24, 2.45) is 0 Å². The Kier molecular flexibility index (Phi) is 9.59. The zero-order valence-electron chi connectivity index (χ0n) is 23.5. The van der Waals surface area contributed by atoms with Gasteiger partial charge >= 0.3 is 5.97 Å². The molecule has 6 heteroatoms. The molecule has 0 N–H and O–H groups in total. The van der Waals surface area contributed by atoms with Crippen LogP contribution < -0.4 is 4.74 Å². The Hall–Kier alpha value is -3.81. The summed E-state index contributed by atoms with van der Waals surface area (Å²) in [6.07, 6.45) is -1.23. The van der Waals surface area contributed by atoms with Crippen LogP contribution in [-0.2, 0) is 32.2 Å². The standard InChI is InChI=1S/C33H30O6.C2H6/c34-32(26-16-8-3-9-17-26)38-28-19-11-10-18-27(28)29-30-31(36-21-25-14-6-2-7-15-25)33(39-29,23-37-30)22-35-20-24-12-4-1-5-13-24;1-2/h1-19,29-31H,20-23H2;1-2H3/t29-,30+,31?,33-;/m0./s1. The molecular weight excluding hydrogens is 516 g/mol. The lowest BCUT2D eigenvalue weighted by Gasteiger charge is -2.31. The minimum atomic E-state index is -0.796. The Morgan fingerprint density at radius 2 is 1.37 bits per heavy atom. The van der Waals surface area contributed by atoms with Gasteiger partial charge in [0.2, 0.25) is 0 Å². The Bertz CT molecular complexity index is 1380. The number of hydrogen-bond acceptors (Lipinski definition) is 6. The smallest absolute Gasteiger partial charge is 0.343 e. The highest BCUT2D eigenvalue weighted by molar-refractivity contribution is 5.91. The first-order valence-electron chi connectivity index (χ1n) is 14.1. The van der Waals surface area contributed by atoms with Gasteiger partial charge in [-0.3, -0.25) is 0 Å². The second kappa shape index (κ2) is 13.7. The van der Waals surface area contributed by atoms with Crippen LogP contribution in [-0.4, -0.2) is 37.0 Å². The highest BCUT2D eigenvalue weighted by Gasteiger charge is 2.63. The van der Waals surface area contributed by atoms with Gasteiger partial charge in [-0.15, -0.1) is 0 Å². The molecule has 4 aromatic carbocycles. The van der Waals surface area contributed by atoms with Crippen LogP contribution in [0.4, 0.5) is 0 Å². The van der Waals surface area contributed by atoms with E-state index in [0.29, 0.717) is 37.7 Å². The van der Waals surface area contributed by atoms with Crippen LogP contribution in [0.2, 0.25) is 0 Å². The lowest BCUT2D eigenvalue weighted by molar-refractivity contribution is -0.176. The molecule has 2 aliphatic heterocycles. The molecule has 1 unspecified atom stereocenters. The predicted molar refractivity (Wildman–Crippen MR) is 157 cm³/mol. The quantitative estimate of drug-likeness (QED) is 0.157. The number of hydrogen-bond donors (Lipinski definition) is 0. The maximum Gasteiger partial charge on any atom is 0.343 e. The van der Waals surface area contributed by atoms with Crippen molar-refractivity contribution in [3.05, 3.63) is 138 Å². The molecule has 0 amide bonds. The van der Waals surface area contributed by atoms with Crippen molar-refractivity contribution in [1.29, 1.82) is 0 Å². The molecule has 2 aliphatic rings. The van der Waals surface area contributed by atoms with E-state index in [1.807, 2.05) is 111 Å². The maximum atomic E-state index is 12.9. The van der Waals surface area contributed by atoms with Crippen molar-refractivity contribution >= 4 is 5.97 Å². The first-order chi connectivity index (χ1) is 20.2. The molecule has 0 aromatic heterocycles. The molecule has 41 heavy (non-hydrogen) atoms. The van der Waals surface area contributed by atoms with Crippen LogP contribution in [0.15, 0.2) is 115 Å². The van der Waals surface area contributed by atoms with Gasteiger partial charge in [0.1, 0.15) is 29.7 Å². The zero-order chi connectivity index (χ0) is 28.5. The number of benzene rings is 4. The summed E-state index contributed by atoms with van der Waals surface area (Å²) in [6.45, 7) is 5.54. The molecule has 0 saturated carbocycles. The minimum absolute atomic E-state index is 0.306. The van der Waals surface area contributed by atoms with E-state index in [9.17, 15) is 4.79 Å². The fraction of sp³-hybridized carbons (Fsp3) is 0.286. The predicted octanol–water partition coefficient (Wildman–Crippen LogP) is 6.94. The van der Waals surface area contributed by atoms with Gasteiger partial charge in [0.25, 0.3) is 0 Å². The molecule has 6 nitrogen and oxygen atoms in total. The number of rotatable bonds is 10. The Morgan fingerprint density at radius 3 is 2.05 bits per heavy atom. The molecule has 0 spiro atoms. The first-order valence-corrected chi connectivity index (χ1v) is 14.1. The molecule has 0 aliphatic carbocycles.